The Hall–Kier alpha value is -3.47. The first-order valence-corrected chi connectivity index (χ1v) is 16.6. The Balaban J connectivity index is 3.07. The quantitative estimate of drug-likeness (QED) is 0.166. The third-order valence-corrected chi connectivity index (χ3v) is 8.21. The lowest BCUT2D eigenvalue weighted by Crippen LogP contribution is -2.62. The highest BCUT2D eigenvalue weighted by molar-refractivity contribution is 5.96. The van der Waals surface area contributed by atoms with E-state index in [1.807, 2.05) is 99.6 Å². The molecule has 5 atom stereocenters. The third-order valence-electron chi connectivity index (χ3n) is 8.21. The molecule has 5 N–H and O–H groups in total. The number of rotatable bonds is 18. The molecular formula is C35H60N6O5. The lowest BCUT2D eigenvalue weighted by Gasteiger charge is -2.36. The van der Waals surface area contributed by atoms with E-state index in [9.17, 15) is 24.0 Å². The zero-order valence-corrected chi connectivity index (χ0v) is 30.1. The first kappa shape index (κ1) is 40.6. The van der Waals surface area contributed by atoms with Crippen LogP contribution in [0.1, 0.15) is 74.8 Å². The summed E-state index contributed by atoms with van der Waals surface area (Å²) < 4.78 is 0. The summed E-state index contributed by atoms with van der Waals surface area (Å²) >= 11 is 0. The van der Waals surface area contributed by atoms with Crippen LogP contribution in [0.15, 0.2) is 30.3 Å². The summed E-state index contributed by atoms with van der Waals surface area (Å²) in [5, 5.41) is 14.5. The van der Waals surface area contributed by atoms with Gasteiger partial charge >= 0.3 is 0 Å². The van der Waals surface area contributed by atoms with Gasteiger partial charge in [0.15, 0.2) is 0 Å². The highest BCUT2D eigenvalue weighted by Crippen LogP contribution is 2.16. The van der Waals surface area contributed by atoms with Crippen LogP contribution in [0.3, 0.4) is 0 Å². The Morgan fingerprint density at radius 3 is 1.48 bits per heavy atom. The van der Waals surface area contributed by atoms with Gasteiger partial charge in [0.05, 0.1) is 6.04 Å². The van der Waals surface area contributed by atoms with Crippen LogP contribution in [-0.2, 0) is 30.4 Å². The predicted molar refractivity (Wildman–Crippen MR) is 183 cm³/mol. The van der Waals surface area contributed by atoms with Gasteiger partial charge in [-0.3, -0.25) is 24.0 Å². The summed E-state index contributed by atoms with van der Waals surface area (Å²) in [6.07, 6.45) is 0.661. The van der Waals surface area contributed by atoms with E-state index in [1.54, 1.807) is 14.1 Å². The van der Waals surface area contributed by atoms with E-state index in [2.05, 4.69) is 26.6 Å². The molecule has 1 rings (SSSR count). The monoisotopic (exact) mass is 644 g/mol. The Kier molecular flexibility index (Phi) is 17.0. The molecule has 0 fully saturated rings. The number of carbonyl (C=O) groups is 5. The molecule has 0 bridgehead atoms. The highest BCUT2D eigenvalue weighted by Gasteiger charge is 2.38. The van der Waals surface area contributed by atoms with Crippen LogP contribution >= 0.6 is 0 Å². The fraction of sp³-hybridized carbons (Fsp3) is 0.686. The minimum atomic E-state index is -0.946. The second kappa shape index (κ2) is 19.3. The van der Waals surface area contributed by atoms with Crippen LogP contribution in [0.5, 0.6) is 0 Å². The van der Waals surface area contributed by atoms with Gasteiger partial charge in [-0.2, -0.15) is 0 Å². The zero-order valence-electron chi connectivity index (χ0n) is 30.1. The SMILES string of the molecule is CN[C@H](C(=O)N[C@H](C(=O)N(C)[C@H](C(=O)N[C@H](C(=O)N[C@H](C(=O)NCCc1ccccc1)C(C)C)C(C)C)C(C)C)C(C)C)C(C)C. The average Bonchev–Trinajstić information content (AvgIpc) is 2.96. The highest BCUT2D eigenvalue weighted by atomic mass is 16.2. The number of hydrogen-bond acceptors (Lipinski definition) is 6. The van der Waals surface area contributed by atoms with Gasteiger partial charge in [-0.05, 0) is 48.6 Å². The lowest BCUT2D eigenvalue weighted by molar-refractivity contribution is -0.145. The van der Waals surface area contributed by atoms with Crippen molar-refractivity contribution in [3.8, 4) is 0 Å². The number of amides is 5. The molecule has 11 heteroatoms. The summed E-state index contributed by atoms with van der Waals surface area (Å²) in [5.41, 5.74) is 1.10. The number of nitrogens with one attached hydrogen (secondary N) is 5. The smallest absolute Gasteiger partial charge is 0.245 e. The molecule has 0 aliphatic heterocycles. The largest absolute Gasteiger partial charge is 0.354 e. The molecule has 0 aliphatic rings. The minimum Gasteiger partial charge on any atom is -0.354 e. The van der Waals surface area contributed by atoms with Crippen LogP contribution in [0, 0.1) is 29.6 Å². The predicted octanol–water partition coefficient (Wildman–Crippen LogP) is 2.49. The summed E-state index contributed by atoms with van der Waals surface area (Å²) in [4.78, 5) is 68.6. The van der Waals surface area contributed by atoms with E-state index in [0.29, 0.717) is 13.0 Å². The zero-order chi connectivity index (χ0) is 35.3. The molecule has 0 aliphatic carbocycles. The first-order valence-electron chi connectivity index (χ1n) is 16.6. The summed E-state index contributed by atoms with van der Waals surface area (Å²) in [7, 11) is 3.25. The van der Waals surface area contributed by atoms with Crippen LogP contribution < -0.4 is 26.6 Å². The van der Waals surface area contributed by atoms with E-state index >= 15 is 0 Å². The molecule has 0 spiro atoms. The van der Waals surface area contributed by atoms with E-state index in [4.69, 9.17) is 0 Å². The minimum absolute atomic E-state index is 0.00889. The van der Waals surface area contributed by atoms with E-state index < -0.39 is 47.9 Å². The topological polar surface area (TPSA) is 149 Å². The molecule has 0 saturated heterocycles. The number of likely N-dealkylation sites (N-methyl/N-ethyl adjacent to an activating group) is 2. The van der Waals surface area contributed by atoms with Crippen molar-refractivity contribution in [2.75, 3.05) is 20.6 Å². The van der Waals surface area contributed by atoms with Crippen molar-refractivity contribution in [1.82, 2.24) is 31.5 Å². The van der Waals surface area contributed by atoms with Crippen molar-refractivity contribution >= 4 is 29.5 Å². The second-order valence-corrected chi connectivity index (χ2v) is 13.9. The lowest BCUT2D eigenvalue weighted by atomic mass is 9.95. The van der Waals surface area contributed by atoms with Gasteiger partial charge in [-0.15, -0.1) is 0 Å². The standard InChI is InChI=1S/C35H60N6O5/c1-20(2)26(36-11)32(43)40-29(23(7)8)35(46)41(12)30(24(9)10)34(45)39-28(22(5)6)33(44)38-27(21(3)4)31(42)37-19-18-25-16-14-13-15-17-25/h13-17,20-24,26-30,36H,18-19H2,1-12H3,(H,37,42)(H,38,44)(H,39,45)(H,40,43)/t26-,27-,28-,29-,30-/m0/s1. The van der Waals surface area contributed by atoms with Crippen molar-refractivity contribution < 1.29 is 24.0 Å². The molecule has 0 heterocycles. The molecule has 5 amide bonds. The third kappa shape index (κ3) is 12.0. The molecule has 1 aromatic rings. The van der Waals surface area contributed by atoms with Crippen molar-refractivity contribution in [2.24, 2.45) is 29.6 Å². The maximum Gasteiger partial charge on any atom is 0.245 e. The van der Waals surface area contributed by atoms with Crippen LogP contribution in [0.2, 0.25) is 0 Å². The first-order chi connectivity index (χ1) is 21.4. The van der Waals surface area contributed by atoms with Gasteiger partial charge in [0.1, 0.15) is 24.2 Å². The average molecular weight is 645 g/mol. The van der Waals surface area contributed by atoms with Crippen molar-refractivity contribution in [3.63, 3.8) is 0 Å². The van der Waals surface area contributed by atoms with Crippen molar-refractivity contribution in [3.05, 3.63) is 35.9 Å². The van der Waals surface area contributed by atoms with Crippen molar-refractivity contribution in [2.45, 2.75) is 106 Å². The molecule has 0 aromatic heterocycles. The Bertz CT molecular complexity index is 1140. The number of hydrogen-bond donors (Lipinski definition) is 5. The maximum atomic E-state index is 13.8. The van der Waals surface area contributed by atoms with Gasteiger partial charge in [0, 0.05) is 13.6 Å². The number of nitrogens with zero attached hydrogens (tertiary/aromatic N) is 1. The number of carbonyl (C=O) groups excluding carboxylic acids is 5. The summed E-state index contributed by atoms with van der Waals surface area (Å²) in [5.74, 6) is -2.96. The maximum absolute atomic E-state index is 13.8. The second-order valence-electron chi connectivity index (χ2n) is 13.9. The summed E-state index contributed by atoms with van der Waals surface area (Å²) in [6.45, 7) is 18.9. The van der Waals surface area contributed by atoms with Gasteiger partial charge in [0.2, 0.25) is 29.5 Å². The van der Waals surface area contributed by atoms with Gasteiger partial charge < -0.3 is 31.5 Å². The molecule has 46 heavy (non-hydrogen) atoms. The molecular weight excluding hydrogens is 584 g/mol. The fourth-order valence-electron chi connectivity index (χ4n) is 5.44. The van der Waals surface area contributed by atoms with Crippen LogP contribution in [0.25, 0.3) is 0 Å². The van der Waals surface area contributed by atoms with E-state index in [0.717, 1.165) is 5.56 Å². The molecule has 0 unspecified atom stereocenters. The van der Waals surface area contributed by atoms with Crippen LogP contribution in [0.4, 0.5) is 0 Å². The molecule has 260 valence electrons. The Morgan fingerprint density at radius 2 is 1.02 bits per heavy atom. The van der Waals surface area contributed by atoms with Crippen molar-refractivity contribution in [1.29, 1.82) is 0 Å². The van der Waals surface area contributed by atoms with Crippen LogP contribution in [-0.4, -0.2) is 85.3 Å². The van der Waals surface area contributed by atoms with E-state index in [1.165, 1.54) is 4.90 Å². The molecule has 0 radical (unpaired) electrons. The normalized spacial score (nSPS) is 14.9. The number of benzene rings is 1. The fourth-order valence-corrected chi connectivity index (χ4v) is 5.44. The van der Waals surface area contributed by atoms with E-state index in [-0.39, 0.29) is 41.4 Å². The molecule has 0 saturated carbocycles. The van der Waals surface area contributed by atoms with Gasteiger partial charge in [-0.1, -0.05) is 99.6 Å². The Morgan fingerprint density at radius 1 is 0.587 bits per heavy atom. The summed E-state index contributed by atoms with van der Waals surface area (Å²) in [6, 6.07) is 5.83. The molecule has 11 nitrogen and oxygen atoms in total. The molecule has 1 aromatic carbocycles. The Labute approximate surface area is 276 Å². The van der Waals surface area contributed by atoms with Gasteiger partial charge in [-0.25, -0.2) is 0 Å². The van der Waals surface area contributed by atoms with Gasteiger partial charge in [0.25, 0.3) is 0 Å².